The highest BCUT2D eigenvalue weighted by molar-refractivity contribution is 6.06. The number of anilines is 1. The Morgan fingerprint density at radius 3 is 2.15 bits per heavy atom. The topological polar surface area (TPSA) is 56.1 Å². The van der Waals surface area contributed by atoms with Crippen molar-refractivity contribution in [3.05, 3.63) is 150 Å². The summed E-state index contributed by atoms with van der Waals surface area (Å²) in [6.45, 7) is 1.11. The van der Waals surface area contributed by atoms with Crippen LogP contribution in [0.1, 0.15) is 21.5 Å². The predicted octanol–water partition coefficient (Wildman–Crippen LogP) is 7.58. The van der Waals surface area contributed by atoms with Crippen LogP contribution in [-0.2, 0) is 13.2 Å². The lowest BCUT2D eigenvalue weighted by Gasteiger charge is -2.11. The summed E-state index contributed by atoms with van der Waals surface area (Å²) in [6.07, 6.45) is 0. The van der Waals surface area contributed by atoms with Gasteiger partial charge in [0.05, 0.1) is 11.0 Å². The van der Waals surface area contributed by atoms with Crippen LogP contribution < -0.4 is 10.1 Å². The van der Waals surface area contributed by atoms with Crippen LogP contribution in [0, 0.1) is 0 Å². The minimum atomic E-state index is -0.189. The van der Waals surface area contributed by atoms with E-state index in [9.17, 15) is 4.79 Å². The monoisotopic (exact) mass is 509 g/mol. The van der Waals surface area contributed by atoms with Crippen molar-refractivity contribution in [2.75, 3.05) is 5.32 Å². The fraction of sp³-hybridized carbons (Fsp3) is 0.0588. The second-order valence-corrected chi connectivity index (χ2v) is 9.33. The number of carbonyl (C=O) groups excluding carboxylic acids is 1. The molecular formula is C34H27N3O2. The van der Waals surface area contributed by atoms with Crippen molar-refractivity contribution in [2.24, 2.45) is 0 Å². The Morgan fingerprint density at radius 1 is 0.718 bits per heavy atom. The van der Waals surface area contributed by atoms with Crippen LogP contribution in [0.5, 0.6) is 5.75 Å². The van der Waals surface area contributed by atoms with Crippen LogP contribution in [-0.4, -0.2) is 15.5 Å². The first-order valence-electron chi connectivity index (χ1n) is 12.9. The zero-order valence-corrected chi connectivity index (χ0v) is 21.3. The maximum atomic E-state index is 13.3. The normalized spacial score (nSPS) is 10.9. The summed E-state index contributed by atoms with van der Waals surface area (Å²) >= 11 is 0. The van der Waals surface area contributed by atoms with Gasteiger partial charge in [-0.2, -0.15) is 0 Å². The lowest BCUT2D eigenvalue weighted by molar-refractivity contribution is 0.102. The number of amides is 1. The van der Waals surface area contributed by atoms with E-state index in [0.29, 0.717) is 30.2 Å². The van der Waals surface area contributed by atoms with Crippen molar-refractivity contribution in [3.8, 4) is 17.1 Å². The molecule has 6 aromatic rings. The third-order valence-electron chi connectivity index (χ3n) is 6.57. The maximum Gasteiger partial charge on any atom is 0.255 e. The second kappa shape index (κ2) is 11.1. The molecule has 1 heterocycles. The lowest BCUT2D eigenvalue weighted by Crippen LogP contribution is -2.12. The Balaban J connectivity index is 1.27. The van der Waals surface area contributed by atoms with E-state index in [1.807, 2.05) is 109 Å². The van der Waals surface area contributed by atoms with Crippen molar-refractivity contribution in [1.29, 1.82) is 0 Å². The van der Waals surface area contributed by atoms with Gasteiger partial charge < -0.3 is 14.6 Å². The molecule has 5 heteroatoms. The summed E-state index contributed by atoms with van der Waals surface area (Å²) in [5.41, 5.74) is 6.27. The molecule has 0 aliphatic carbocycles. The highest BCUT2D eigenvalue weighted by atomic mass is 16.5. The third kappa shape index (κ3) is 5.58. The predicted molar refractivity (Wildman–Crippen MR) is 156 cm³/mol. The van der Waals surface area contributed by atoms with Gasteiger partial charge in [0, 0.05) is 29.4 Å². The Hall–Kier alpha value is -5.16. The van der Waals surface area contributed by atoms with Crippen molar-refractivity contribution in [1.82, 2.24) is 9.55 Å². The largest absolute Gasteiger partial charge is 0.489 e. The first-order chi connectivity index (χ1) is 19.2. The number of rotatable bonds is 8. The SMILES string of the molecule is O=C(Nc1cccc(OCc2ccccc2)c1)c1ccc2nc(-c3ccccc3)n(Cc3ccccc3)c2c1. The zero-order chi connectivity index (χ0) is 26.4. The fourth-order valence-electron chi connectivity index (χ4n) is 4.61. The van der Waals surface area contributed by atoms with Gasteiger partial charge in [0.25, 0.3) is 5.91 Å². The molecule has 1 aromatic heterocycles. The number of imidazole rings is 1. The van der Waals surface area contributed by atoms with Gasteiger partial charge in [0.2, 0.25) is 0 Å². The minimum Gasteiger partial charge on any atom is -0.489 e. The highest BCUT2D eigenvalue weighted by Crippen LogP contribution is 2.27. The maximum absolute atomic E-state index is 13.3. The number of fused-ring (bicyclic) bond motifs is 1. The van der Waals surface area contributed by atoms with Gasteiger partial charge in [0.1, 0.15) is 18.2 Å². The van der Waals surface area contributed by atoms with Crippen LogP contribution in [0.4, 0.5) is 5.69 Å². The molecule has 0 unspecified atom stereocenters. The Bertz CT molecular complexity index is 1710. The van der Waals surface area contributed by atoms with E-state index >= 15 is 0 Å². The molecule has 6 rings (SSSR count). The summed E-state index contributed by atoms with van der Waals surface area (Å²) in [5, 5.41) is 3.02. The molecule has 5 aromatic carbocycles. The Labute approximate surface area is 227 Å². The molecule has 0 radical (unpaired) electrons. The van der Waals surface area contributed by atoms with Crippen LogP contribution >= 0.6 is 0 Å². The number of hydrogen-bond donors (Lipinski definition) is 1. The number of hydrogen-bond acceptors (Lipinski definition) is 3. The van der Waals surface area contributed by atoms with Crippen molar-refractivity contribution >= 4 is 22.6 Å². The number of carbonyl (C=O) groups is 1. The average Bonchev–Trinajstić information content (AvgIpc) is 3.35. The van der Waals surface area contributed by atoms with E-state index in [0.717, 1.165) is 33.5 Å². The second-order valence-electron chi connectivity index (χ2n) is 9.33. The Morgan fingerprint density at radius 2 is 1.41 bits per heavy atom. The number of nitrogens with one attached hydrogen (secondary N) is 1. The van der Waals surface area contributed by atoms with Gasteiger partial charge in [-0.1, -0.05) is 97.1 Å². The summed E-state index contributed by atoms with van der Waals surface area (Å²) in [5.74, 6) is 1.38. The summed E-state index contributed by atoms with van der Waals surface area (Å²) in [6, 6.07) is 43.5. The summed E-state index contributed by atoms with van der Waals surface area (Å²) in [4.78, 5) is 18.2. The van der Waals surface area contributed by atoms with Crippen LogP contribution in [0.3, 0.4) is 0 Å². The van der Waals surface area contributed by atoms with E-state index in [-0.39, 0.29) is 5.91 Å². The quantitative estimate of drug-likeness (QED) is 0.230. The fourth-order valence-corrected chi connectivity index (χ4v) is 4.61. The minimum absolute atomic E-state index is 0.189. The molecule has 1 N–H and O–H groups in total. The number of nitrogens with zero attached hydrogens (tertiary/aromatic N) is 2. The van der Waals surface area contributed by atoms with E-state index < -0.39 is 0 Å². The molecule has 0 saturated carbocycles. The van der Waals surface area contributed by atoms with Crippen molar-refractivity contribution in [3.63, 3.8) is 0 Å². The zero-order valence-electron chi connectivity index (χ0n) is 21.3. The standard InChI is InChI=1S/C34H27N3O2/c38-34(35-29-17-10-18-30(22-29)39-24-26-13-6-2-7-14-26)28-19-20-31-32(21-28)37(23-25-11-4-1-5-12-25)33(36-31)27-15-8-3-9-16-27/h1-22H,23-24H2,(H,35,38). The molecule has 0 aliphatic rings. The highest BCUT2D eigenvalue weighted by Gasteiger charge is 2.16. The van der Waals surface area contributed by atoms with Crippen LogP contribution in [0.2, 0.25) is 0 Å². The summed E-state index contributed by atoms with van der Waals surface area (Å²) < 4.78 is 8.11. The third-order valence-corrected chi connectivity index (χ3v) is 6.57. The van der Waals surface area contributed by atoms with Crippen LogP contribution in [0.15, 0.2) is 133 Å². The number of aromatic nitrogens is 2. The molecule has 0 atom stereocenters. The first-order valence-corrected chi connectivity index (χ1v) is 12.9. The van der Waals surface area contributed by atoms with E-state index in [4.69, 9.17) is 9.72 Å². The van der Waals surface area contributed by atoms with Crippen molar-refractivity contribution < 1.29 is 9.53 Å². The first kappa shape index (κ1) is 24.2. The molecule has 0 spiro atoms. The van der Waals surface area contributed by atoms with E-state index in [1.165, 1.54) is 0 Å². The molecule has 39 heavy (non-hydrogen) atoms. The Kier molecular flexibility index (Phi) is 6.87. The van der Waals surface area contributed by atoms with Gasteiger partial charge in [-0.05, 0) is 41.5 Å². The van der Waals surface area contributed by atoms with E-state index in [1.54, 1.807) is 0 Å². The molecule has 5 nitrogen and oxygen atoms in total. The van der Waals surface area contributed by atoms with E-state index in [2.05, 4.69) is 34.1 Å². The molecule has 0 bridgehead atoms. The van der Waals surface area contributed by atoms with Gasteiger partial charge in [-0.3, -0.25) is 4.79 Å². The van der Waals surface area contributed by atoms with Crippen molar-refractivity contribution in [2.45, 2.75) is 13.2 Å². The number of benzene rings is 5. The molecule has 1 amide bonds. The molecule has 0 aliphatic heterocycles. The smallest absolute Gasteiger partial charge is 0.255 e. The lowest BCUT2D eigenvalue weighted by atomic mass is 10.1. The summed E-state index contributed by atoms with van der Waals surface area (Å²) in [7, 11) is 0. The molecular weight excluding hydrogens is 482 g/mol. The van der Waals surface area contributed by atoms with Gasteiger partial charge in [-0.25, -0.2) is 4.98 Å². The van der Waals surface area contributed by atoms with Crippen LogP contribution in [0.25, 0.3) is 22.4 Å². The number of ether oxygens (including phenoxy) is 1. The average molecular weight is 510 g/mol. The molecule has 0 saturated heterocycles. The van der Waals surface area contributed by atoms with Gasteiger partial charge in [-0.15, -0.1) is 0 Å². The molecule has 190 valence electrons. The molecule has 0 fully saturated rings. The van der Waals surface area contributed by atoms with Gasteiger partial charge >= 0.3 is 0 Å². The van der Waals surface area contributed by atoms with Gasteiger partial charge in [0.15, 0.2) is 0 Å².